The summed E-state index contributed by atoms with van der Waals surface area (Å²) in [5, 5.41) is 3.87. The van der Waals surface area contributed by atoms with Crippen LogP contribution in [0.2, 0.25) is 0 Å². The molecule has 0 amide bonds. The molecule has 0 fully saturated rings. The van der Waals surface area contributed by atoms with Crippen LogP contribution in [0.5, 0.6) is 0 Å². The highest BCUT2D eigenvalue weighted by Gasteiger charge is 2.12. The Labute approximate surface area is 189 Å². The molecule has 0 bridgehead atoms. The minimum absolute atomic E-state index is 0.0697. The van der Waals surface area contributed by atoms with Gasteiger partial charge in [-0.25, -0.2) is 23.4 Å². The average molecular weight is 471 g/mol. The van der Waals surface area contributed by atoms with Crippen LogP contribution in [0.4, 0.5) is 5.82 Å². The predicted octanol–water partition coefficient (Wildman–Crippen LogP) is 3.36. The predicted molar refractivity (Wildman–Crippen MR) is 124 cm³/mol. The Morgan fingerprint density at radius 3 is 2.78 bits per heavy atom. The number of fused-ring (bicyclic) bond motifs is 1. The van der Waals surface area contributed by atoms with Gasteiger partial charge in [0.25, 0.3) is 0 Å². The molecular weight excluding hydrogens is 452 g/mol. The molecule has 0 saturated carbocycles. The summed E-state index contributed by atoms with van der Waals surface area (Å²) in [6, 6.07) is 9.32. The first-order valence-electron chi connectivity index (χ1n) is 9.69. The van der Waals surface area contributed by atoms with Crippen molar-refractivity contribution in [3.8, 4) is 11.3 Å². The zero-order valence-electron chi connectivity index (χ0n) is 17.1. The van der Waals surface area contributed by atoms with Crippen molar-refractivity contribution in [1.82, 2.24) is 15.3 Å². The van der Waals surface area contributed by atoms with E-state index in [-0.39, 0.29) is 16.6 Å². The van der Waals surface area contributed by atoms with Crippen molar-refractivity contribution in [1.29, 1.82) is 0 Å². The number of furan rings is 1. The number of hydrogen-bond donors (Lipinski definition) is 1. The number of carbonyl (C=O) groups excluding carboxylic acids is 1. The minimum Gasteiger partial charge on any atom is -0.460 e. The Hall–Kier alpha value is -3.14. The molecule has 8 nitrogen and oxygen atoms in total. The van der Waals surface area contributed by atoms with Crippen molar-refractivity contribution in [2.45, 2.75) is 6.54 Å². The van der Waals surface area contributed by atoms with Gasteiger partial charge in [0.05, 0.1) is 28.6 Å². The summed E-state index contributed by atoms with van der Waals surface area (Å²) in [5.74, 6) is 1.59. The lowest BCUT2D eigenvalue weighted by Gasteiger charge is -2.06. The molecule has 32 heavy (non-hydrogen) atoms. The fraction of sp³-hybridized carbons (Fsp3) is 0.182. The van der Waals surface area contributed by atoms with Gasteiger partial charge < -0.3 is 9.73 Å². The molecule has 1 aromatic carbocycles. The Balaban J connectivity index is 1.58. The van der Waals surface area contributed by atoms with Crippen LogP contribution in [0.3, 0.4) is 0 Å². The van der Waals surface area contributed by atoms with Gasteiger partial charge in [-0.05, 0) is 48.6 Å². The third-order valence-corrected chi connectivity index (χ3v) is 5.90. The van der Waals surface area contributed by atoms with E-state index >= 15 is 0 Å². The van der Waals surface area contributed by atoms with Crippen molar-refractivity contribution < 1.29 is 17.6 Å². The van der Waals surface area contributed by atoms with Crippen LogP contribution in [-0.2, 0) is 21.2 Å². The lowest BCUT2D eigenvalue weighted by molar-refractivity contribution is -0.110. The lowest BCUT2D eigenvalue weighted by Crippen LogP contribution is -2.21. The first kappa shape index (κ1) is 22.1. The summed E-state index contributed by atoms with van der Waals surface area (Å²) in [7, 11) is -3.01. The summed E-state index contributed by atoms with van der Waals surface area (Å²) in [6.45, 7) is 0.771. The van der Waals surface area contributed by atoms with Gasteiger partial charge in [0.2, 0.25) is 0 Å². The maximum absolute atomic E-state index is 11.5. The second-order valence-electron chi connectivity index (χ2n) is 7.23. The molecule has 0 unspecified atom stereocenters. The summed E-state index contributed by atoms with van der Waals surface area (Å²) in [5.41, 5.74) is 2.04. The van der Waals surface area contributed by atoms with Gasteiger partial charge in [-0.1, -0.05) is 11.6 Å². The van der Waals surface area contributed by atoms with E-state index in [0.29, 0.717) is 41.7 Å². The highest BCUT2D eigenvalue weighted by molar-refractivity contribution is 7.90. The van der Waals surface area contributed by atoms with E-state index < -0.39 is 9.84 Å². The Morgan fingerprint density at radius 1 is 1.16 bits per heavy atom. The molecule has 3 aromatic rings. The number of hydrogen-bond acceptors (Lipinski definition) is 8. The number of allylic oxidation sites excluding steroid dienone is 4. The van der Waals surface area contributed by atoms with Crippen LogP contribution in [0.15, 0.2) is 69.3 Å². The molecule has 1 N–H and O–H groups in total. The van der Waals surface area contributed by atoms with E-state index in [2.05, 4.69) is 20.3 Å². The zero-order chi connectivity index (χ0) is 22.7. The van der Waals surface area contributed by atoms with Crippen molar-refractivity contribution >= 4 is 49.7 Å². The fourth-order valence-corrected chi connectivity index (χ4v) is 3.75. The molecule has 0 saturated heterocycles. The average Bonchev–Trinajstić information content (AvgIpc) is 3.22. The van der Waals surface area contributed by atoms with Gasteiger partial charge >= 0.3 is 0 Å². The standard InChI is InChI=1S/C22H19ClN4O4S/c1-32(29,30)9-8-24-12-16-4-7-21(31-16)14-2-5-19-17(10-14)22(26-13-25-19)27-15-3-6-20(28)18(23)11-15/h2-7,10-11,13,24H,8-9,12H2,1H3. The minimum atomic E-state index is -3.01. The number of sulfone groups is 1. The van der Waals surface area contributed by atoms with Crippen LogP contribution in [-0.4, -0.2) is 48.4 Å². The molecule has 0 spiro atoms. The number of nitrogens with one attached hydrogen (secondary N) is 1. The zero-order valence-corrected chi connectivity index (χ0v) is 18.7. The van der Waals surface area contributed by atoms with E-state index in [0.717, 1.165) is 10.9 Å². The van der Waals surface area contributed by atoms with E-state index in [1.165, 1.54) is 24.7 Å². The molecule has 2 aromatic heterocycles. The molecule has 2 heterocycles. The van der Waals surface area contributed by atoms with Gasteiger partial charge in [-0.15, -0.1) is 0 Å². The second-order valence-corrected chi connectivity index (χ2v) is 9.90. The Bertz CT molecular complexity index is 1390. The summed E-state index contributed by atoms with van der Waals surface area (Å²) in [6.07, 6.45) is 7.08. The van der Waals surface area contributed by atoms with Crippen molar-refractivity contribution in [2.75, 3.05) is 18.6 Å². The van der Waals surface area contributed by atoms with Crippen LogP contribution >= 0.6 is 11.6 Å². The lowest BCUT2D eigenvalue weighted by atomic mass is 10.1. The van der Waals surface area contributed by atoms with Gasteiger partial charge in [0.1, 0.15) is 27.7 Å². The van der Waals surface area contributed by atoms with Crippen molar-refractivity contribution in [3.63, 3.8) is 0 Å². The summed E-state index contributed by atoms with van der Waals surface area (Å²) in [4.78, 5) is 24.6. The number of ketones is 1. The first-order valence-corrected chi connectivity index (χ1v) is 12.1. The number of carbonyl (C=O) groups is 1. The van der Waals surface area contributed by atoms with E-state index in [4.69, 9.17) is 16.0 Å². The van der Waals surface area contributed by atoms with Gasteiger partial charge in [-0.2, -0.15) is 0 Å². The number of nitrogens with zero attached hydrogens (tertiary/aromatic N) is 3. The molecular formula is C22H19ClN4O4S. The molecule has 0 atom stereocenters. The van der Waals surface area contributed by atoms with Gasteiger partial charge in [0.15, 0.2) is 11.6 Å². The molecule has 1 aliphatic rings. The largest absolute Gasteiger partial charge is 0.460 e. The number of aliphatic imine (C=N–C) groups is 1. The summed E-state index contributed by atoms with van der Waals surface area (Å²) < 4.78 is 28.3. The fourth-order valence-electron chi connectivity index (χ4n) is 3.06. The quantitative estimate of drug-likeness (QED) is 0.416. The SMILES string of the molecule is CS(=O)(=O)CCNCc1ccc(-c2ccc3ncnc(N=C4C=CC(=O)C(Cl)=C4)c3c2)o1. The van der Waals surface area contributed by atoms with Crippen molar-refractivity contribution in [2.24, 2.45) is 4.99 Å². The topological polar surface area (TPSA) is 115 Å². The monoisotopic (exact) mass is 470 g/mol. The highest BCUT2D eigenvalue weighted by Crippen LogP contribution is 2.30. The maximum Gasteiger partial charge on any atom is 0.197 e. The van der Waals surface area contributed by atoms with Crippen LogP contribution in [0, 0.1) is 0 Å². The molecule has 164 valence electrons. The molecule has 0 aliphatic heterocycles. The van der Waals surface area contributed by atoms with Crippen molar-refractivity contribution in [3.05, 3.63) is 65.7 Å². The molecule has 4 rings (SSSR count). The van der Waals surface area contributed by atoms with E-state index in [9.17, 15) is 13.2 Å². The molecule has 10 heteroatoms. The maximum atomic E-state index is 11.5. The molecule has 0 radical (unpaired) electrons. The van der Waals surface area contributed by atoms with Crippen LogP contribution in [0.1, 0.15) is 5.76 Å². The summed E-state index contributed by atoms with van der Waals surface area (Å²) >= 11 is 5.92. The van der Waals surface area contributed by atoms with Gasteiger partial charge in [-0.3, -0.25) is 4.79 Å². The number of aromatic nitrogens is 2. The van der Waals surface area contributed by atoms with E-state index in [1.54, 1.807) is 6.08 Å². The Morgan fingerprint density at radius 2 is 2.00 bits per heavy atom. The van der Waals surface area contributed by atoms with Gasteiger partial charge in [0, 0.05) is 23.8 Å². The first-order chi connectivity index (χ1) is 15.3. The third kappa shape index (κ3) is 5.37. The van der Waals surface area contributed by atoms with Crippen LogP contribution < -0.4 is 5.32 Å². The third-order valence-electron chi connectivity index (χ3n) is 4.66. The number of benzene rings is 1. The Kier molecular flexibility index (Phi) is 6.31. The second kappa shape index (κ2) is 9.15. The normalized spacial score (nSPS) is 15.5. The highest BCUT2D eigenvalue weighted by atomic mass is 35.5. The number of rotatable bonds is 7. The van der Waals surface area contributed by atoms with Crippen LogP contribution in [0.25, 0.3) is 22.2 Å². The molecule has 1 aliphatic carbocycles. The smallest absolute Gasteiger partial charge is 0.197 e. The van der Waals surface area contributed by atoms with E-state index in [1.807, 2.05) is 30.3 Å². The number of halogens is 1.